The van der Waals surface area contributed by atoms with Crippen LogP contribution in [0.15, 0.2) is 24.3 Å². The quantitative estimate of drug-likeness (QED) is 0.824. The Morgan fingerprint density at radius 2 is 2.11 bits per heavy atom. The SMILES string of the molecule is O=C1CNC(c2cccc(F)c2)N1CC(F)(F)F. The van der Waals surface area contributed by atoms with E-state index in [1.165, 1.54) is 18.2 Å². The molecule has 1 aromatic carbocycles. The van der Waals surface area contributed by atoms with E-state index in [0.717, 1.165) is 6.07 Å². The Morgan fingerprint density at radius 1 is 1.39 bits per heavy atom. The molecule has 18 heavy (non-hydrogen) atoms. The lowest BCUT2D eigenvalue weighted by Gasteiger charge is -2.25. The molecule has 0 bridgehead atoms. The molecule has 1 N–H and O–H groups in total. The van der Waals surface area contributed by atoms with Gasteiger partial charge in [-0.15, -0.1) is 0 Å². The number of rotatable bonds is 2. The van der Waals surface area contributed by atoms with Crippen molar-refractivity contribution in [1.82, 2.24) is 10.2 Å². The van der Waals surface area contributed by atoms with Crippen LogP contribution in [0.2, 0.25) is 0 Å². The topological polar surface area (TPSA) is 32.3 Å². The van der Waals surface area contributed by atoms with Crippen LogP contribution in [0, 0.1) is 5.82 Å². The van der Waals surface area contributed by atoms with Crippen molar-refractivity contribution in [3.05, 3.63) is 35.6 Å². The van der Waals surface area contributed by atoms with Crippen molar-refractivity contribution in [2.24, 2.45) is 0 Å². The van der Waals surface area contributed by atoms with Gasteiger partial charge in [0, 0.05) is 0 Å². The highest BCUT2D eigenvalue weighted by Crippen LogP contribution is 2.27. The Morgan fingerprint density at radius 3 is 2.72 bits per heavy atom. The van der Waals surface area contributed by atoms with Crippen molar-refractivity contribution >= 4 is 5.91 Å². The van der Waals surface area contributed by atoms with Crippen LogP contribution in [0.3, 0.4) is 0 Å². The molecular weight excluding hydrogens is 252 g/mol. The van der Waals surface area contributed by atoms with E-state index in [9.17, 15) is 22.4 Å². The zero-order chi connectivity index (χ0) is 13.3. The second-order valence-corrected chi connectivity index (χ2v) is 3.98. The van der Waals surface area contributed by atoms with Crippen LogP contribution in [0.1, 0.15) is 11.7 Å². The van der Waals surface area contributed by atoms with Crippen LogP contribution in [-0.4, -0.2) is 30.1 Å². The molecule has 98 valence electrons. The molecule has 0 aromatic heterocycles. The summed E-state index contributed by atoms with van der Waals surface area (Å²) in [6, 6.07) is 5.16. The molecule has 0 aliphatic carbocycles. The molecular formula is C11H10F4N2O. The Hall–Kier alpha value is -1.63. The summed E-state index contributed by atoms with van der Waals surface area (Å²) in [7, 11) is 0. The minimum Gasteiger partial charge on any atom is -0.313 e. The van der Waals surface area contributed by atoms with Crippen LogP contribution in [0.4, 0.5) is 17.6 Å². The Balaban J connectivity index is 2.24. The van der Waals surface area contributed by atoms with E-state index in [4.69, 9.17) is 0 Å². The lowest BCUT2D eigenvalue weighted by molar-refractivity contribution is -0.161. The van der Waals surface area contributed by atoms with Crippen molar-refractivity contribution in [1.29, 1.82) is 0 Å². The predicted octanol–water partition coefficient (Wildman–Crippen LogP) is 1.82. The third-order valence-electron chi connectivity index (χ3n) is 2.59. The lowest BCUT2D eigenvalue weighted by atomic mass is 10.1. The third-order valence-corrected chi connectivity index (χ3v) is 2.59. The Labute approximate surface area is 100 Å². The summed E-state index contributed by atoms with van der Waals surface area (Å²) in [5.41, 5.74) is 0.296. The van der Waals surface area contributed by atoms with Gasteiger partial charge in [0.1, 0.15) is 18.5 Å². The Bertz CT molecular complexity index is 461. The number of nitrogens with one attached hydrogen (secondary N) is 1. The first-order valence-corrected chi connectivity index (χ1v) is 5.22. The molecule has 0 spiro atoms. The molecule has 1 atom stereocenters. The fourth-order valence-electron chi connectivity index (χ4n) is 1.89. The number of carbonyl (C=O) groups excluding carboxylic acids is 1. The number of benzene rings is 1. The molecule has 3 nitrogen and oxygen atoms in total. The molecule has 1 aliphatic rings. The number of amides is 1. The van der Waals surface area contributed by atoms with Crippen LogP contribution in [-0.2, 0) is 4.79 Å². The normalized spacial score (nSPS) is 20.6. The largest absolute Gasteiger partial charge is 0.406 e. The smallest absolute Gasteiger partial charge is 0.313 e. The lowest BCUT2D eigenvalue weighted by Crippen LogP contribution is -2.38. The average molecular weight is 262 g/mol. The van der Waals surface area contributed by atoms with Gasteiger partial charge in [-0.25, -0.2) is 4.39 Å². The predicted molar refractivity (Wildman–Crippen MR) is 54.9 cm³/mol. The van der Waals surface area contributed by atoms with Gasteiger partial charge in [0.05, 0.1) is 6.54 Å². The van der Waals surface area contributed by atoms with Gasteiger partial charge >= 0.3 is 6.18 Å². The van der Waals surface area contributed by atoms with E-state index in [1.807, 2.05) is 0 Å². The maximum atomic E-state index is 13.0. The van der Waals surface area contributed by atoms with Gasteiger partial charge in [-0.05, 0) is 17.7 Å². The summed E-state index contributed by atoms with van der Waals surface area (Å²) in [6.45, 7) is -1.53. The average Bonchev–Trinajstić information content (AvgIpc) is 2.58. The van der Waals surface area contributed by atoms with E-state index >= 15 is 0 Å². The van der Waals surface area contributed by atoms with E-state index < -0.39 is 30.6 Å². The molecule has 1 heterocycles. The molecule has 1 saturated heterocycles. The van der Waals surface area contributed by atoms with Crippen molar-refractivity contribution < 1.29 is 22.4 Å². The van der Waals surface area contributed by atoms with Gasteiger partial charge in [-0.3, -0.25) is 10.1 Å². The van der Waals surface area contributed by atoms with E-state index in [0.29, 0.717) is 10.5 Å². The van der Waals surface area contributed by atoms with Crippen molar-refractivity contribution in [3.8, 4) is 0 Å². The monoisotopic (exact) mass is 262 g/mol. The van der Waals surface area contributed by atoms with E-state index in [2.05, 4.69) is 5.32 Å². The first kappa shape index (κ1) is 12.8. The number of alkyl halides is 3. The number of halogens is 4. The summed E-state index contributed by atoms with van der Waals surface area (Å²) in [4.78, 5) is 12.1. The number of nitrogens with zero attached hydrogens (tertiary/aromatic N) is 1. The molecule has 0 radical (unpaired) electrons. The first-order chi connectivity index (χ1) is 8.37. The molecule has 1 amide bonds. The maximum absolute atomic E-state index is 13.0. The summed E-state index contributed by atoms with van der Waals surface area (Å²) >= 11 is 0. The highest BCUT2D eigenvalue weighted by molar-refractivity contribution is 5.81. The molecule has 1 unspecified atom stereocenters. The van der Waals surface area contributed by atoms with Crippen molar-refractivity contribution in [2.45, 2.75) is 12.3 Å². The number of carbonyl (C=O) groups is 1. The number of hydrogen-bond donors (Lipinski definition) is 1. The summed E-state index contributed by atoms with van der Waals surface area (Å²) in [5.74, 6) is -1.21. The maximum Gasteiger partial charge on any atom is 0.406 e. The molecule has 7 heteroatoms. The zero-order valence-corrected chi connectivity index (χ0v) is 9.17. The van der Waals surface area contributed by atoms with Crippen LogP contribution in [0.25, 0.3) is 0 Å². The molecule has 0 saturated carbocycles. The van der Waals surface area contributed by atoms with E-state index in [1.54, 1.807) is 0 Å². The third kappa shape index (κ3) is 2.79. The summed E-state index contributed by atoms with van der Waals surface area (Å²) in [5, 5.41) is 2.63. The summed E-state index contributed by atoms with van der Waals surface area (Å²) < 4.78 is 50.1. The van der Waals surface area contributed by atoms with Crippen molar-refractivity contribution in [2.75, 3.05) is 13.1 Å². The molecule has 2 rings (SSSR count). The highest BCUT2D eigenvalue weighted by atomic mass is 19.4. The summed E-state index contributed by atoms with van der Waals surface area (Å²) in [6.07, 6.45) is -5.41. The van der Waals surface area contributed by atoms with Gasteiger partial charge < -0.3 is 4.90 Å². The fourth-order valence-corrected chi connectivity index (χ4v) is 1.89. The highest BCUT2D eigenvalue weighted by Gasteiger charge is 2.40. The van der Waals surface area contributed by atoms with Crippen molar-refractivity contribution in [3.63, 3.8) is 0 Å². The second-order valence-electron chi connectivity index (χ2n) is 3.98. The number of hydrogen-bond acceptors (Lipinski definition) is 2. The standard InChI is InChI=1S/C11H10F4N2O/c12-8-3-1-2-7(4-8)10-16-5-9(18)17(10)6-11(13,14)15/h1-4,10,16H,5-6H2. The minimum atomic E-state index is -4.48. The van der Waals surface area contributed by atoms with Gasteiger partial charge in [0.25, 0.3) is 0 Å². The Kier molecular flexibility index (Phi) is 3.25. The van der Waals surface area contributed by atoms with Crippen LogP contribution >= 0.6 is 0 Å². The fraction of sp³-hybridized carbons (Fsp3) is 0.364. The minimum absolute atomic E-state index is 0.183. The van der Waals surface area contributed by atoms with Gasteiger partial charge in [-0.1, -0.05) is 12.1 Å². The molecule has 1 fully saturated rings. The van der Waals surface area contributed by atoms with Gasteiger partial charge in [0.2, 0.25) is 5.91 Å². The van der Waals surface area contributed by atoms with Gasteiger partial charge in [0.15, 0.2) is 0 Å². The molecule has 1 aliphatic heterocycles. The zero-order valence-electron chi connectivity index (χ0n) is 9.17. The van der Waals surface area contributed by atoms with Gasteiger partial charge in [-0.2, -0.15) is 13.2 Å². The van der Waals surface area contributed by atoms with Crippen LogP contribution < -0.4 is 5.32 Å². The molecule has 1 aromatic rings. The van der Waals surface area contributed by atoms with E-state index in [-0.39, 0.29) is 6.54 Å². The second kappa shape index (κ2) is 4.56. The van der Waals surface area contributed by atoms with Crippen LogP contribution in [0.5, 0.6) is 0 Å². The first-order valence-electron chi connectivity index (χ1n) is 5.22.